The average Bonchev–Trinajstić information content (AvgIpc) is 2.62. The highest BCUT2D eigenvalue weighted by Gasteiger charge is 2.15. The van der Waals surface area contributed by atoms with Crippen molar-refractivity contribution in [2.24, 2.45) is 0 Å². The fourth-order valence-electron chi connectivity index (χ4n) is 2.93. The molecule has 0 bridgehead atoms. The van der Waals surface area contributed by atoms with E-state index in [9.17, 15) is 9.59 Å². The van der Waals surface area contributed by atoms with Crippen molar-refractivity contribution in [3.63, 3.8) is 0 Å². The highest BCUT2D eigenvalue weighted by atomic mass is 16.4. The second-order valence-electron chi connectivity index (χ2n) is 5.92. The van der Waals surface area contributed by atoms with Gasteiger partial charge in [0.15, 0.2) is 0 Å². The SMILES string of the molecule is Cc1ccccc1NC(=O)c1cc2c(ccc3ccccc32)oc1=O. The number of rotatable bonds is 2. The molecule has 4 aromatic rings. The van der Waals surface area contributed by atoms with Gasteiger partial charge in [-0.05, 0) is 41.5 Å². The van der Waals surface area contributed by atoms with Crippen LogP contribution in [0.3, 0.4) is 0 Å². The van der Waals surface area contributed by atoms with Gasteiger partial charge in [0.25, 0.3) is 5.91 Å². The van der Waals surface area contributed by atoms with Gasteiger partial charge >= 0.3 is 5.63 Å². The lowest BCUT2D eigenvalue weighted by Crippen LogP contribution is -2.21. The molecule has 25 heavy (non-hydrogen) atoms. The first-order valence-electron chi connectivity index (χ1n) is 7.96. The van der Waals surface area contributed by atoms with Crippen molar-refractivity contribution >= 4 is 33.3 Å². The number of para-hydroxylation sites is 1. The summed E-state index contributed by atoms with van der Waals surface area (Å²) in [4.78, 5) is 24.9. The van der Waals surface area contributed by atoms with Crippen molar-refractivity contribution in [1.82, 2.24) is 0 Å². The molecular formula is C21H15NO3. The van der Waals surface area contributed by atoms with Crippen molar-refractivity contribution in [2.75, 3.05) is 5.32 Å². The topological polar surface area (TPSA) is 59.3 Å². The van der Waals surface area contributed by atoms with Crippen molar-refractivity contribution in [2.45, 2.75) is 6.92 Å². The van der Waals surface area contributed by atoms with E-state index in [4.69, 9.17) is 4.42 Å². The van der Waals surface area contributed by atoms with Gasteiger partial charge in [-0.25, -0.2) is 4.79 Å². The lowest BCUT2D eigenvalue weighted by molar-refractivity contribution is 0.102. The molecule has 1 N–H and O–H groups in total. The van der Waals surface area contributed by atoms with Crippen molar-refractivity contribution in [3.8, 4) is 0 Å². The molecule has 0 unspecified atom stereocenters. The summed E-state index contributed by atoms with van der Waals surface area (Å²) < 4.78 is 5.37. The lowest BCUT2D eigenvalue weighted by atomic mass is 10.0. The number of carbonyl (C=O) groups excluding carboxylic acids is 1. The molecule has 0 saturated heterocycles. The highest BCUT2D eigenvalue weighted by molar-refractivity contribution is 6.10. The van der Waals surface area contributed by atoms with Crippen LogP contribution in [-0.2, 0) is 0 Å². The Morgan fingerprint density at radius 1 is 0.920 bits per heavy atom. The van der Waals surface area contributed by atoms with Crippen molar-refractivity contribution < 1.29 is 9.21 Å². The predicted molar refractivity (Wildman–Crippen MR) is 99.1 cm³/mol. The van der Waals surface area contributed by atoms with E-state index in [1.54, 1.807) is 18.2 Å². The molecule has 1 heterocycles. The van der Waals surface area contributed by atoms with Crippen LogP contribution in [0.15, 0.2) is 75.9 Å². The van der Waals surface area contributed by atoms with Gasteiger partial charge in [0, 0.05) is 11.1 Å². The van der Waals surface area contributed by atoms with Crippen LogP contribution in [0.5, 0.6) is 0 Å². The number of benzene rings is 3. The zero-order valence-electron chi connectivity index (χ0n) is 13.6. The van der Waals surface area contributed by atoms with E-state index >= 15 is 0 Å². The van der Waals surface area contributed by atoms with Crippen LogP contribution in [-0.4, -0.2) is 5.91 Å². The van der Waals surface area contributed by atoms with Gasteiger partial charge in [0.2, 0.25) is 0 Å². The van der Waals surface area contributed by atoms with E-state index in [1.807, 2.05) is 55.5 Å². The fourth-order valence-corrected chi connectivity index (χ4v) is 2.93. The molecule has 0 aliphatic rings. The van der Waals surface area contributed by atoms with E-state index in [0.717, 1.165) is 21.7 Å². The molecule has 0 atom stereocenters. The van der Waals surface area contributed by atoms with Crippen LogP contribution in [0, 0.1) is 6.92 Å². The smallest absolute Gasteiger partial charge is 0.349 e. The molecule has 0 spiro atoms. The number of hydrogen-bond donors (Lipinski definition) is 1. The minimum absolute atomic E-state index is 0.00731. The van der Waals surface area contributed by atoms with E-state index in [0.29, 0.717) is 11.3 Å². The number of fused-ring (bicyclic) bond motifs is 3. The fraction of sp³-hybridized carbons (Fsp3) is 0.0476. The summed E-state index contributed by atoms with van der Waals surface area (Å²) in [5.41, 5.74) is 1.41. The summed E-state index contributed by atoms with van der Waals surface area (Å²) in [5.74, 6) is -0.474. The third-order valence-electron chi connectivity index (χ3n) is 4.28. The van der Waals surface area contributed by atoms with Gasteiger partial charge in [-0.15, -0.1) is 0 Å². The Kier molecular flexibility index (Phi) is 3.58. The van der Waals surface area contributed by atoms with Crippen LogP contribution in [0.4, 0.5) is 5.69 Å². The number of anilines is 1. The zero-order valence-corrected chi connectivity index (χ0v) is 13.6. The molecule has 1 amide bonds. The summed E-state index contributed by atoms with van der Waals surface area (Å²) in [6.07, 6.45) is 0. The van der Waals surface area contributed by atoms with Gasteiger partial charge in [0.1, 0.15) is 11.1 Å². The van der Waals surface area contributed by atoms with Gasteiger partial charge < -0.3 is 9.73 Å². The van der Waals surface area contributed by atoms with Gasteiger partial charge in [-0.2, -0.15) is 0 Å². The Morgan fingerprint density at radius 2 is 1.68 bits per heavy atom. The van der Waals surface area contributed by atoms with Crippen molar-refractivity contribution in [1.29, 1.82) is 0 Å². The first-order valence-corrected chi connectivity index (χ1v) is 7.96. The van der Waals surface area contributed by atoms with Crippen LogP contribution in [0.25, 0.3) is 21.7 Å². The number of aryl methyl sites for hydroxylation is 1. The van der Waals surface area contributed by atoms with E-state index in [1.165, 1.54) is 0 Å². The Hall–Kier alpha value is -3.40. The minimum atomic E-state index is -0.645. The number of hydrogen-bond acceptors (Lipinski definition) is 3. The maximum Gasteiger partial charge on any atom is 0.349 e. The second kappa shape index (κ2) is 5.91. The monoisotopic (exact) mass is 329 g/mol. The molecule has 0 fully saturated rings. The van der Waals surface area contributed by atoms with Crippen LogP contribution < -0.4 is 10.9 Å². The van der Waals surface area contributed by atoms with E-state index in [2.05, 4.69) is 5.32 Å². The Morgan fingerprint density at radius 3 is 2.52 bits per heavy atom. The summed E-state index contributed by atoms with van der Waals surface area (Å²) in [7, 11) is 0. The molecular weight excluding hydrogens is 314 g/mol. The van der Waals surface area contributed by atoms with Crippen LogP contribution >= 0.6 is 0 Å². The number of nitrogens with one attached hydrogen (secondary N) is 1. The summed E-state index contributed by atoms with van der Waals surface area (Å²) in [6, 6.07) is 20.5. The molecule has 122 valence electrons. The minimum Gasteiger partial charge on any atom is -0.422 e. The zero-order chi connectivity index (χ0) is 17.4. The Bertz CT molecular complexity index is 1170. The van der Waals surface area contributed by atoms with Gasteiger partial charge in [-0.1, -0.05) is 48.5 Å². The molecule has 1 aromatic heterocycles. The quantitative estimate of drug-likeness (QED) is 0.435. The molecule has 4 rings (SSSR count). The Labute approximate surface area is 143 Å². The highest BCUT2D eigenvalue weighted by Crippen LogP contribution is 2.25. The summed E-state index contributed by atoms with van der Waals surface area (Å²) in [5, 5.41) is 5.49. The van der Waals surface area contributed by atoms with Crippen LogP contribution in [0.2, 0.25) is 0 Å². The molecule has 0 aliphatic heterocycles. The molecule has 0 aliphatic carbocycles. The largest absolute Gasteiger partial charge is 0.422 e. The standard InChI is InChI=1S/C21H15NO3/c1-13-6-2-5-9-18(13)22-20(23)17-12-16-15-8-4-3-7-14(15)10-11-19(16)25-21(17)24/h2-12H,1H3,(H,22,23). The summed E-state index contributed by atoms with van der Waals surface area (Å²) in [6.45, 7) is 1.89. The predicted octanol–water partition coefficient (Wildman–Crippen LogP) is 4.51. The Balaban J connectivity index is 1.85. The molecule has 0 saturated carbocycles. The molecule has 4 nitrogen and oxygen atoms in total. The first kappa shape index (κ1) is 15.1. The lowest BCUT2D eigenvalue weighted by Gasteiger charge is -2.08. The maximum atomic E-state index is 12.6. The van der Waals surface area contributed by atoms with Gasteiger partial charge in [0.05, 0.1) is 0 Å². The average molecular weight is 329 g/mol. The van der Waals surface area contributed by atoms with Crippen LogP contribution in [0.1, 0.15) is 15.9 Å². The van der Waals surface area contributed by atoms with Gasteiger partial charge in [-0.3, -0.25) is 4.79 Å². The van der Waals surface area contributed by atoms with Crippen molar-refractivity contribution in [3.05, 3.63) is 88.3 Å². The first-order chi connectivity index (χ1) is 12.1. The normalized spacial score (nSPS) is 10.9. The number of amides is 1. The van der Waals surface area contributed by atoms with E-state index in [-0.39, 0.29) is 5.56 Å². The molecule has 0 radical (unpaired) electrons. The number of carbonyl (C=O) groups is 1. The third-order valence-corrected chi connectivity index (χ3v) is 4.28. The molecule has 3 aromatic carbocycles. The summed E-state index contributed by atoms with van der Waals surface area (Å²) >= 11 is 0. The maximum absolute atomic E-state index is 12.6. The third kappa shape index (κ3) is 2.68. The second-order valence-corrected chi connectivity index (χ2v) is 5.92. The van der Waals surface area contributed by atoms with E-state index < -0.39 is 11.5 Å². The molecule has 4 heteroatoms.